The first kappa shape index (κ1) is 21.6. The van der Waals surface area contributed by atoms with E-state index in [1.807, 2.05) is 44.2 Å². The van der Waals surface area contributed by atoms with Crippen molar-refractivity contribution in [2.45, 2.75) is 57.7 Å². The molecule has 2 unspecified atom stereocenters. The zero-order valence-electron chi connectivity index (χ0n) is 16.2. The lowest BCUT2D eigenvalue weighted by molar-refractivity contribution is -0.561. The molecule has 9 heteroatoms. The summed E-state index contributed by atoms with van der Waals surface area (Å²) in [5, 5.41) is 23.2. The molecule has 28 heavy (non-hydrogen) atoms. The topological polar surface area (TPSA) is 116 Å². The molecule has 1 saturated heterocycles. The lowest BCUT2D eigenvalue weighted by Crippen LogP contribution is -2.52. The average Bonchev–Trinajstić information content (AvgIpc) is 3.02. The van der Waals surface area contributed by atoms with E-state index in [0.29, 0.717) is 25.7 Å². The van der Waals surface area contributed by atoms with Crippen molar-refractivity contribution in [3.8, 4) is 0 Å². The van der Waals surface area contributed by atoms with Gasteiger partial charge in [-0.15, -0.1) is 0 Å². The van der Waals surface area contributed by atoms with E-state index in [1.54, 1.807) is 0 Å². The van der Waals surface area contributed by atoms with Crippen LogP contribution in [0.4, 0.5) is 4.79 Å². The van der Waals surface area contributed by atoms with Crippen LogP contribution in [0.3, 0.4) is 0 Å². The second kappa shape index (κ2) is 10.0. The lowest BCUT2D eigenvalue weighted by atomic mass is 9.86. The number of amides is 1. The van der Waals surface area contributed by atoms with E-state index >= 15 is 0 Å². The van der Waals surface area contributed by atoms with E-state index in [4.69, 9.17) is 4.74 Å². The van der Waals surface area contributed by atoms with Gasteiger partial charge in [0.1, 0.15) is 12.6 Å². The maximum Gasteiger partial charge on any atom is 0.410 e. The molecule has 2 rings (SSSR count). The van der Waals surface area contributed by atoms with Gasteiger partial charge >= 0.3 is 6.09 Å². The predicted molar refractivity (Wildman–Crippen MR) is 102 cm³/mol. The highest BCUT2D eigenvalue weighted by Gasteiger charge is 2.49. The van der Waals surface area contributed by atoms with Crippen molar-refractivity contribution in [2.75, 3.05) is 13.2 Å². The number of nitro groups is 2. The van der Waals surface area contributed by atoms with Crippen LogP contribution >= 0.6 is 0 Å². The molecule has 4 atom stereocenters. The van der Waals surface area contributed by atoms with Crippen LogP contribution in [-0.4, -0.2) is 46.1 Å². The monoisotopic (exact) mass is 393 g/mol. The van der Waals surface area contributed by atoms with Gasteiger partial charge in [-0.1, -0.05) is 57.0 Å². The Kier molecular flexibility index (Phi) is 7.71. The summed E-state index contributed by atoms with van der Waals surface area (Å²) in [5.74, 6) is -0.753. The summed E-state index contributed by atoms with van der Waals surface area (Å²) in [6, 6.07) is 6.80. The Hall–Kier alpha value is -2.71. The molecule has 1 aliphatic heterocycles. The standard InChI is InChI=1S/C19H27N3O6/c1-3-8-15(12-20(24)25)18(22(26)27)16(9-4-2)21-17(13-28-19(21)23)14-10-6-5-7-11-14/h5-7,10-11,15-18H,3-4,8-9,12-13H2,1-2H3/t15?,16-,17+,18?/m1/s1. The van der Waals surface area contributed by atoms with Gasteiger partial charge in [-0.3, -0.25) is 25.1 Å². The van der Waals surface area contributed by atoms with E-state index in [-0.39, 0.29) is 6.61 Å². The summed E-state index contributed by atoms with van der Waals surface area (Å²) in [4.78, 5) is 36.2. The van der Waals surface area contributed by atoms with Gasteiger partial charge < -0.3 is 4.74 Å². The molecule has 0 bridgehead atoms. The second-order valence-corrected chi connectivity index (χ2v) is 7.11. The highest BCUT2D eigenvalue weighted by molar-refractivity contribution is 5.71. The summed E-state index contributed by atoms with van der Waals surface area (Å²) in [5.41, 5.74) is 0.831. The molecule has 0 N–H and O–H groups in total. The van der Waals surface area contributed by atoms with Gasteiger partial charge in [-0.2, -0.15) is 0 Å². The molecule has 154 valence electrons. The van der Waals surface area contributed by atoms with E-state index < -0.39 is 46.5 Å². The van der Waals surface area contributed by atoms with Crippen LogP contribution in [0.5, 0.6) is 0 Å². The zero-order valence-corrected chi connectivity index (χ0v) is 16.2. The molecule has 1 aromatic carbocycles. The van der Waals surface area contributed by atoms with E-state index in [2.05, 4.69) is 0 Å². The number of hydrogen-bond acceptors (Lipinski definition) is 6. The van der Waals surface area contributed by atoms with Crippen LogP contribution in [-0.2, 0) is 4.74 Å². The SMILES string of the molecule is CCCC(C[N+](=O)[O-])C([C@@H](CCC)N1C(=O)OC[C@H]1c1ccccc1)[N+](=O)[O-]. The molecule has 1 fully saturated rings. The van der Waals surface area contributed by atoms with Gasteiger partial charge in [0.15, 0.2) is 0 Å². The largest absolute Gasteiger partial charge is 0.447 e. The lowest BCUT2D eigenvalue weighted by Gasteiger charge is -2.34. The van der Waals surface area contributed by atoms with Gasteiger partial charge in [-0.25, -0.2) is 4.79 Å². The van der Waals surface area contributed by atoms with Gasteiger partial charge in [-0.05, 0) is 18.4 Å². The van der Waals surface area contributed by atoms with Crippen molar-refractivity contribution in [1.82, 2.24) is 4.90 Å². The Labute approximate surface area is 164 Å². The molecule has 1 amide bonds. The third-order valence-electron chi connectivity index (χ3n) is 5.20. The summed E-state index contributed by atoms with van der Waals surface area (Å²) in [7, 11) is 0. The molecule has 9 nitrogen and oxygen atoms in total. The minimum absolute atomic E-state index is 0.112. The number of carbonyl (C=O) groups excluding carboxylic acids is 1. The Balaban J connectivity index is 2.44. The summed E-state index contributed by atoms with van der Waals surface area (Å²) >= 11 is 0. The van der Waals surface area contributed by atoms with Gasteiger partial charge in [0.25, 0.3) is 0 Å². The molecule has 0 saturated carbocycles. The number of carbonyl (C=O) groups is 1. The highest BCUT2D eigenvalue weighted by Crippen LogP contribution is 2.35. The number of cyclic esters (lactones) is 1. The quantitative estimate of drug-likeness (QED) is 0.418. The maximum absolute atomic E-state index is 12.6. The first-order valence-corrected chi connectivity index (χ1v) is 9.65. The van der Waals surface area contributed by atoms with Crippen LogP contribution in [0, 0.1) is 26.1 Å². The molecular formula is C19H27N3O6. The number of rotatable bonds is 11. The Morgan fingerprint density at radius 2 is 1.79 bits per heavy atom. The molecule has 0 radical (unpaired) electrons. The minimum Gasteiger partial charge on any atom is -0.447 e. The van der Waals surface area contributed by atoms with Crippen molar-refractivity contribution in [3.63, 3.8) is 0 Å². The molecule has 1 aromatic rings. The predicted octanol–water partition coefficient (Wildman–Crippen LogP) is 3.69. The number of nitrogens with zero attached hydrogens (tertiary/aromatic N) is 3. The number of hydrogen-bond donors (Lipinski definition) is 0. The third-order valence-corrected chi connectivity index (χ3v) is 5.20. The molecule has 1 aliphatic rings. The Morgan fingerprint density at radius 3 is 2.32 bits per heavy atom. The molecule has 0 spiro atoms. The fourth-order valence-electron chi connectivity index (χ4n) is 4.06. The third kappa shape index (κ3) is 4.96. The molecule has 1 heterocycles. The normalized spacial score (nSPS) is 19.7. The smallest absolute Gasteiger partial charge is 0.410 e. The van der Waals surface area contributed by atoms with Gasteiger partial charge in [0.2, 0.25) is 12.6 Å². The Bertz CT molecular complexity index is 684. The average molecular weight is 393 g/mol. The van der Waals surface area contributed by atoms with Crippen molar-refractivity contribution >= 4 is 6.09 Å². The second-order valence-electron chi connectivity index (χ2n) is 7.11. The summed E-state index contributed by atoms with van der Waals surface area (Å²) in [6.07, 6.45) is 1.33. The molecule has 0 aliphatic carbocycles. The van der Waals surface area contributed by atoms with Crippen LogP contribution in [0.25, 0.3) is 0 Å². The van der Waals surface area contributed by atoms with Crippen LogP contribution < -0.4 is 0 Å². The van der Waals surface area contributed by atoms with E-state index in [0.717, 1.165) is 5.56 Å². The van der Waals surface area contributed by atoms with Gasteiger partial charge in [0, 0.05) is 9.85 Å². The fraction of sp³-hybridized carbons (Fsp3) is 0.632. The number of benzene rings is 1. The summed E-state index contributed by atoms with van der Waals surface area (Å²) in [6.45, 7) is 3.35. The van der Waals surface area contributed by atoms with Crippen molar-refractivity contribution in [2.24, 2.45) is 5.92 Å². The first-order valence-electron chi connectivity index (χ1n) is 9.65. The van der Waals surface area contributed by atoms with Crippen LogP contribution in [0.15, 0.2) is 30.3 Å². The van der Waals surface area contributed by atoms with Crippen LogP contribution in [0.2, 0.25) is 0 Å². The minimum atomic E-state index is -1.22. The van der Waals surface area contributed by atoms with E-state index in [1.165, 1.54) is 4.90 Å². The summed E-state index contributed by atoms with van der Waals surface area (Å²) < 4.78 is 5.24. The van der Waals surface area contributed by atoms with Crippen molar-refractivity contribution in [1.29, 1.82) is 0 Å². The Morgan fingerprint density at radius 1 is 1.14 bits per heavy atom. The number of ether oxygens (including phenoxy) is 1. The highest BCUT2D eigenvalue weighted by atomic mass is 16.6. The van der Waals surface area contributed by atoms with Crippen LogP contribution in [0.1, 0.15) is 51.1 Å². The first-order chi connectivity index (χ1) is 13.4. The van der Waals surface area contributed by atoms with Crippen molar-refractivity contribution in [3.05, 3.63) is 56.1 Å². The maximum atomic E-state index is 12.6. The molecule has 0 aromatic heterocycles. The zero-order chi connectivity index (χ0) is 20.7. The van der Waals surface area contributed by atoms with Crippen molar-refractivity contribution < 1.29 is 19.4 Å². The molecular weight excluding hydrogens is 366 g/mol. The fourth-order valence-corrected chi connectivity index (χ4v) is 4.06. The van der Waals surface area contributed by atoms with Gasteiger partial charge in [0.05, 0.1) is 12.0 Å². The van der Waals surface area contributed by atoms with E-state index in [9.17, 15) is 25.0 Å².